The van der Waals surface area contributed by atoms with Crippen LogP contribution in [0, 0.1) is 0 Å². The number of rotatable bonds is 2. The molecular weight excluding hydrogens is 104 g/mol. The van der Waals surface area contributed by atoms with Crippen LogP contribution in [0.15, 0.2) is 12.2 Å². The van der Waals surface area contributed by atoms with Gasteiger partial charge in [-0.25, -0.2) is 0 Å². The summed E-state index contributed by atoms with van der Waals surface area (Å²) in [6.07, 6.45) is 3.95. The van der Waals surface area contributed by atoms with Crippen LogP contribution in [0.1, 0.15) is 13.3 Å². The molecule has 0 N–H and O–H groups in total. The van der Waals surface area contributed by atoms with Gasteiger partial charge in [0.2, 0.25) is 0 Å². The van der Waals surface area contributed by atoms with Crippen molar-refractivity contribution < 1.29 is 9.53 Å². The number of hydrogen-bond donors (Lipinski definition) is 0. The smallest absolute Gasteiger partial charge is 0.309 e. The number of hydrogen-bond acceptors (Lipinski definition) is 2. The van der Waals surface area contributed by atoms with E-state index in [2.05, 4.69) is 4.74 Å². The number of ether oxygens (including phenoxy) is 1. The zero-order valence-corrected chi connectivity index (χ0v) is 5.18. The summed E-state index contributed by atoms with van der Waals surface area (Å²) in [7, 11) is 1.38. The van der Waals surface area contributed by atoms with Crippen molar-refractivity contribution in [2.75, 3.05) is 7.11 Å². The molecule has 2 nitrogen and oxygen atoms in total. The second-order valence-corrected chi connectivity index (χ2v) is 1.35. The van der Waals surface area contributed by atoms with Crippen LogP contribution < -0.4 is 0 Å². The maximum atomic E-state index is 10.3. The highest BCUT2D eigenvalue weighted by Crippen LogP contribution is 1.84. The lowest BCUT2D eigenvalue weighted by atomic mass is 10.4. The van der Waals surface area contributed by atoms with Crippen LogP contribution >= 0.6 is 0 Å². The van der Waals surface area contributed by atoms with Crippen molar-refractivity contribution in [3.05, 3.63) is 12.2 Å². The normalized spacial score (nSPS) is 9.75. The minimum atomic E-state index is -0.192. The monoisotopic (exact) mass is 114 g/mol. The molecule has 0 radical (unpaired) electrons. The van der Waals surface area contributed by atoms with Gasteiger partial charge in [0.1, 0.15) is 0 Å². The molecule has 0 bridgehead atoms. The molecule has 0 fully saturated rings. The highest BCUT2D eigenvalue weighted by Gasteiger charge is 1.91. The Labute approximate surface area is 49.1 Å². The van der Waals surface area contributed by atoms with Crippen molar-refractivity contribution in [2.24, 2.45) is 0 Å². The fourth-order valence-electron chi connectivity index (χ4n) is 0.297. The summed E-state index contributed by atoms with van der Waals surface area (Å²) in [6.45, 7) is 1.86. The molecule has 0 rings (SSSR count). The quantitative estimate of drug-likeness (QED) is 0.397. The summed E-state index contributed by atoms with van der Waals surface area (Å²) < 4.78 is 4.36. The first-order valence-electron chi connectivity index (χ1n) is 2.49. The van der Waals surface area contributed by atoms with Crippen LogP contribution in [0.4, 0.5) is 0 Å². The molecule has 0 spiro atoms. The molecule has 46 valence electrons. The lowest BCUT2D eigenvalue weighted by molar-refractivity contribution is -0.139. The van der Waals surface area contributed by atoms with Crippen molar-refractivity contribution in [3.63, 3.8) is 0 Å². The number of esters is 1. The van der Waals surface area contributed by atoms with Crippen molar-refractivity contribution in [3.8, 4) is 0 Å². The van der Waals surface area contributed by atoms with Gasteiger partial charge in [0.25, 0.3) is 0 Å². The lowest BCUT2D eigenvalue weighted by Crippen LogP contribution is -1.96. The second kappa shape index (κ2) is 4.37. The Morgan fingerprint density at radius 1 is 1.75 bits per heavy atom. The zero-order valence-electron chi connectivity index (χ0n) is 5.18. The highest BCUT2D eigenvalue weighted by atomic mass is 16.5. The summed E-state index contributed by atoms with van der Waals surface area (Å²) >= 11 is 0. The predicted octanol–water partition coefficient (Wildman–Crippen LogP) is 1.13. The van der Waals surface area contributed by atoms with Crippen molar-refractivity contribution >= 4 is 5.97 Å². The van der Waals surface area contributed by atoms with E-state index in [0.717, 1.165) is 0 Å². The molecule has 0 saturated heterocycles. The van der Waals surface area contributed by atoms with E-state index in [1.54, 1.807) is 6.08 Å². The van der Waals surface area contributed by atoms with E-state index in [-0.39, 0.29) is 5.97 Å². The van der Waals surface area contributed by atoms with E-state index < -0.39 is 0 Å². The largest absolute Gasteiger partial charge is 0.469 e. The fourth-order valence-corrected chi connectivity index (χ4v) is 0.297. The number of carbonyl (C=O) groups is 1. The highest BCUT2D eigenvalue weighted by molar-refractivity contribution is 5.70. The second-order valence-electron chi connectivity index (χ2n) is 1.35. The Balaban J connectivity index is 3.25. The molecule has 0 amide bonds. The molecule has 0 aromatic carbocycles. The molecule has 0 unspecified atom stereocenters. The van der Waals surface area contributed by atoms with E-state index >= 15 is 0 Å². The predicted molar refractivity (Wildman–Crippen MR) is 31.4 cm³/mol. The molecular formula is C6H10O2. The molecule has 0 aliphatic heterocycles. The number of methoxy groups -OCH3 is 1. The van der Waals surface area contributed by atoms with Gasteiger partial charge in [-0.15, -0.1) is 0 Å². The third kappa shape index (κ3) is 3.40. The summed E-state index contributed by atoms with van der Waals surface area (Å²) in [5, 5.41) is 0. The third-order valence-electron chi connectivity index (χ3n) is 0.748. The van der Waals surface area contributed by atoms with Crippen LogP contribution in [0.3, 0.4) is 0 Å². The average Bonchev–Trinajstić information content (AvgIpc) is 1.83. The molecule has 0 saturated carbocycles. The van der Waals surface area contributed by atoms with E-state index in [4.69, 9.17) is 0 Å². The minimum Gasteiger partial charge on any atom is -0.469 e. The molecule has 2 heteroatoms. The fraction of sp³-hybridized carbons (Fsp3) is 0.500. The summed E-state index contributed by atoms with van der Waals surface area (Å²) in [5.41, 5.74) is 0. The van der Waals surface area contributed by atoms with Gasteiger partial charge < -0.3 is 4.74 Å². The van der Waals surface area contributed by atoms with Crippen LogP contribution in [0.5, 0.6) is 0 Å². The van der Waals surface area contributed by atoms with Crippen molar-refractivity contribution in [1.29, 1.82) is 0 Å². The lowest BCUT2D eigenvalue weighted by Gasteiger charge is -1.89. The van der Waals surface area contributed by atoms with Crippen LogP contribution in [-0.4, -0.2) is 13.1 Å². The topological polar surface area (TPSA) is 26.3 Å². The van der Waals surface area contributed by atoms with Crippen LogP contribution in [0.25, 0.3) is 0 Å². The van der Waals surface area contributed by atoms with E-state index in [0.29, 0.717) is 6.42 Å². The standard InChI is InChI=1S/C6H10O2/c1-3-4-5-6(7)8-2/h3-4H,5H2,1-2H3/b4-3-. The summed E-state index contributed by atoms with van der Waals surface area (Å²) in [6, 6.07) is 0. The maximum absolute atomic E-state index is 10.3. The van der Waals surface area contributed by atoms with Gasteiger partial charge in [0.15, 0.2) is 0 Å². The first-order chi connectivity index (χ1) is 3.81. The molecule has 0 aromatic heterocycles. The molecule has 0 aliphatic rings. The molecule has 0 aromatic rings. The van der Waals surface area contributed by atoms with Gasteiger partial charge >= 0.3 is 5.97 Å². The Hall–Kier alpha value is -0.790. The van der Waals surface area contributed by atoms with Gasteiger partial charge in [0, 0.05) is 0 Å². The third-order valence-corrected chi connectivity index (χ3v) is 0.748. The molecule has 0 atom stereocenters. The molecule has 0 heterocycles. The maximum Gasteiger partial charge on any atom is 0.309 e. The van der Waals surface area contributed by atoms with Gasteiger partial charge in [-0.3, -0.25) is 4.79 Å². The average molecular weight is 114 g/mol. The summed E-state index contributed by atoms with van der Waals surface area (Å²) in [4.78, 5) is 10.3. The molecule has 0 aliphatic carbocycles. The number of carbonyl (C=O) groups excluding carboxylic acids is 1. The Morgan fingerprint density at radius 2 is 2.38 bits per heavy atom. The first kappa shape index (κ1) is 7.21. The Bertz CT molecular complexity index is 94.7. The number of allylic oxidation sites excluding steroid dienone is 1. The Morgan fingerprint density at radius 3 is 2.75 bits per heavy atom. The van der Waals surface area contributed by atoms with E-state index in [1.807, 2.05) is 13.0 Å². The Kier molecular flexibility index (Phi) is 3.94. The van der Waals surface area contributed by atoms with Crippen LogP contribution in [0.2, 0.25) is 0 Å². The van der Waals surface area contributed by atoms with Gasteiger partial charge in [0.05, 0.1) is 13.5 Å². The van der Waals surface area contributed by atoms with Gasteiger partial charge in [-0.1, -0.05) is 12.2 Å². The van der Waals surface area contributed by atoms with Gasteiger partial charge in [-0.05, 0) is 6.92 Å². The SMILES string of the molecule is C/C=C\CC(=O)OC. The first-order valence-corrected chi connectivity index (χ1v) is 2.49. The van der Waals surface area contributed by atoms with Gasteiger partial charge in [-0.2, -0.15) is 0 Å². The molecule has 8 heavy (non-hydrogen) atoms. The minimum absolute atomic E-state index is 0.192. The van der Waals surface area contributed by atoms with E-state index in [9.17, 15) is 4.79 Å². The van der Waals surface area contributed by atoms with Crippen molar-refractivity contribution in [2.45, 2.75) is 13.3 Å². The zero-order chi connectivity index (χ0) is 6.41. The van der Waals surface area contributed by atoms with E-state index in [1.165, 1.54) is 7.11 Å². The van der Waals surface area contributed by atoms with Crippen LogP contribution in [-0.2, 0) is 9.53 Å². The summed E-state index contributed by atoms with van der Waals surface area (Å²) in [5.74, 6) is -0.192. The van der Waals surface area contributed by atoms with Crippen molar-refractivity contribution in [1.82, 2.24) is 0 Å².